The number of nitrogens with zero attached hydrogens (tertiary/aromatic N) is 1. The van der Waals surface area contributed by atoms with Crippen molar-refractivity contribution in [3.8, 4) is 0 Å². The van der Waals surface area contributed by atoms with Gasteiger partial charge in [0, 0.05) is 19.6 Å². The van der Waals surface area contributed by atoms with Crippen molar-refractivity contribution in [1.82, 2.24) is 15.8 Å². The van der Waals surface area contributed by atoms with Crippen LogP contribution < -0.4 is 10.7 Å². The monoisotopic (exact) mass is 261 g/mol. The average molecular weight is 261 g/mol. The van der Waals surface area contributed by atoms with E-state index in [9.17, 15) is 4.79 Å². The molecule has 4 nitrogen and oxygen atoms in total. The molecule has 0 spiro atoms. The van der Waals surface area contributed by atoms with Gasteiger partial charge in [-0.2, -0.15) is 0 Å². The first-order valence-corrected chi connectivity index (χ1v) is 7.11. The van der Waals surface area contributed by atoms with Crippen molar-refractivity contribution in [3.63, 3.8) is 0 Å². The van der Waals surface area contributed by atoms with Gasteiger partial charge in [-0.25, -0.2) is 9.80 Å². The molecule has 0 aromatic heterocycles. The van der Waals surface area contributed by atoms with Gasteiger partial charge in [0.1, 0.15) is 0 Å². The number of hydrazine groups is 1. The molecular formula is C15H23N3O. The summed E-state index contributed by atoms with van der Waals surface area (Å²) in [6.07, 6.45) is 3.43. The summed E-state index contributed by atoms with van der Waals surface area (Å²) >= 11 is 0. The predicted octanol–water partition coefficient (Wildman–Crippen LogP) is 2.18. The maximum Gasteiger partial charge on any atom is 0.329 e. The molecule has 2 rings (SSSR count). The molecule has 0 aliphatic carbocycles. The van der Waals surface area contributed by atoms with Crippen molar-refractivity contribution >= 4 is 6.03 Å². The number of hydrogen-bond donors (Lipinski definition) is 2. The molecule has 0 atom stereocenters. The van der Waals surface area contributed by atoms with Gasteiger partial charge in [-0.3, -0.25) is 5.43 Å². The fourth-order valence-electron chi connectivity index (χ4n) is 2.54. The Kier molecular flexibility index (Phi) is 5.21. The van der Waals surface area contributed by atoms with Gasteiger partial charge in [0.05, 0.1) is 0 Å². The van der Waals surface area contributed by atoms with Crippen LogP contribution in [0, 0.1) is 5.92 Å². The van der Waals surface area contributed by atoms with Gasteiger partial charge in [-0.05, 0) is 37.7 Å². The Hall–Kier alpha value is -1.55. The zero-order chi connectivity index (χ0) is 13.5. The summed E-state index contributed by atoms with van der Waals surface area (Å²) in [5.41, 5.74) is 4.30. The molecule has 1 fully saturated rings. The first-order chi connectivity index (χ1) is 9.28. The normalized spacial score (nSPS) is 17.1. The largest absolute Gasteiger partial charge is 0.337 e. The summed E-state index contributed by atoms with van der Waals surface area (Å²) in [5, 5.41) is 4.77. The molecule has 0 radical (unpaired) electrons. The van der Waals surface area contributed by atoms with E-state index in [1.807, 2.05) is 11.9 Å². The highest BCUT2D eigenvalue weighted by atomic mass is 16.2. The third-order valence-electron chi connectivity index (χ3n) is 3.58. The Morgan fingerprint density at radius 3 is 2.58 bits per heavy atom. The lowest BCUT2D eigenvalue weighted by Gasteiger charge is -2.32. The van der Waals surface area contributed by atoms with E-state index in [4.69, 9.17) is 0 Å². The Balaban J connectivity index is 1.72. The smallest absolute Gasteiger partial charge is 0.329 e. The Bertz CT molecular complexity index is 386. The number of amides is 2. The molecule has 2 amide bonds. The van der Waals surface area contributed by atoms with Crippen LogP contribution in [0.2, 0.25) is 0 Å². The highest BCUT2D eigenvalue weighted by molar-refractivity contribution is 5.73. The van der Waals surface area contributed by atoms with E-state index in [2.05, 4.69) is 41.1 Å². The molecule has 104 valence electrons. The summed E-state index contributed by atoms with van der Waals surface area (Å²) in [6, 6.07) is 10.5. The van der Waals surface area contributed by atoms with E-state index in [0.717, 1.165) is 38.3 Å². The molecular weight excluding hydrogens is 238 g/mol. The van der Waals surface area contributed by atoms with Crippen LogP contribution in [-0.2, 0) is 6.42 Å². The lowest BCUT2D eigenvalue weighted by atomic mass is 9.91. The lowest BCUT2D eigenvalue weighted by molar-refractivity contribution is 0.130. The lowest BCUT2D eigenvalue weighted by Crippen LogP contribution is -2.50. The van der Waals surface area contributed by atoms with Gasteiger partial charge in [0.25, 0.3) is 0 Å². The summed E-state index contributed by atoms with van der Waals surface area (Å²) < 4.78 is 0. The number of rotatable bonds is 4. The maximum atomic E-state index is 11.4. The quantitative estimate of drug-likeness (QED) is 0.872. The molecule has 2 N–H and O–H groups in total. The molecule has 1 saturated heterocycles. The van der Waals surface area contributed by atoms with E-state index in [1.54, 1.807) is 0 Å². The first-order valence-electron chi connectivity index (χ1n) is 7.11. The van der Waals surface area contributed by atoms with Crippen LogP contribution in [-0.4, -0.2) is 30.7 Å². The summed E-state index contributed by atoms with van der Waals surface area (Å²) in [7, 11) is 0. The third kappa shape index (κ3) is 4.56. The zero-order valence-corrected chi connectivity index (χ0v) is 11.6. The van der Waals surface area contributed by atoms with Gasteiger partial charge < -0.3 is 5.32 Å². The minimum atomic E-state index is -0.0935. The first kappa shape index (κ1) is 13.9. The minimum Gasteiger partial charge on any atom is -0.337 e. The van der Waals surface area contributed by atoms with Crippen molar-refractivity contribution in [2.75, 3.05) is 19.6 Å². The van der Waals surface area contributed by atoms with E-state index >= 15 is 0 Å². The SMILES string of the molecule is CCNC(=O)NN1CCC(Cc2ccccc2)CC1. The summed E-state index contributed by atoms with van der Waals surface area (Å²) in [5.74, 6) is 0.731. The van der Waals surface area contributed by atoms with Crippen molar-refractivity contribution < 1.29 is 4.79 Å². The van der Waals surface area contributed by atoms with Gasteiger partial charge in [-0.15, -0.1) is 0 Å². The minimum absolute atomic E-state index is 0.0935. The van der Waals surface area contributed by atoms with Crippen LogP contribution in [0.15, 0.2) is 30.3 Å². The highest BCUT2D eigenvalue weighted by Gasteiger charge is 2.20. The van der Waals surface area contributed by atoms with Gasteiger partial charge in [0.15, 0.2) is 0 Å². The highest BCUT2D eigenvalue weighted by Crippen LogP contribution is 2.20. The average Bonchev–Trinajstić information content (AvgIpc) is 2.42. The molecule has 19 heavy (non-hydrogen) atoms. The number of nitrogens with one attached hydrogen (secondary N) is 2. The second-order valence-corrected chi connectivity index (χ2v) is 5.09. The maximum absolute atomic E-state index is 11.4. The fraction of sp³-hybridized carbons (Fsp3) is 0.533. The molecule has 4 heteroatoms. The second-order valence-electron chi connectivity index (χ2n) is 5.09. The van der Waals surface area contributed by atoms with Crippen LogP contribution in [0.4, 0.5) is 4.79 Å². The van der Waals surface area contributed by atoms with E-state index in [1.165, 1.54) is 5.56 Å². The number of carbonyl (C=O) groups excluding carboxylic acids is 1. The van der Waals surface area contributed by atoms with Gasteiger partial charge >= 0.3 is 6.03 Å². The molecule has 1 aliphatic rings. The van der Waals surface area contributed by atoms with Crippen molar-refractivity contribution in [2.45, 2.75) is 26.2 Å². The van der Waals surface area contributed by atoms with Crippen LogP contribution >= 0.6 is 0 Å². The van der Waals surface area contributed by atoms with E-state index in [0.29, 0.717) is 6.54 Å². The van der Waals surface area contributed by atoms with Crippen LogP contribution in [0.25, 0.3) is 0 Å². The standard InChI is InChI=1S/C15H23N3O/c1-2-16-15(19)17-18-10-8-14(9-11-18)12-13-6-4-3-5-7-13/h3-7,14H,2,8-12H2,1H3,(H2,16,17,19). The number of carbonyl (C=O) groups is 1. The van der Waals surface area contributed by atoms with Crippen LogP contribution in [0.3, 0.4) is 0 Å². The van der Waals surface area contributed by atoms with Gasteiger partial charge in [-0.1, -0.05) is 30.3 Å². The van der Waals surface area contributed by atoms with E-state index < -0.39 is 0 Å². The van der Waals surface area contributed by atoms with Crippen molar-refractivity contribution in [2.24, 2.45) is 5.92 Å². The number of hydrogen-bond acceptors (Lipinski definition) is 2. The molecule has 0 saturated carbocycles. The summed E-state index contributed by atoms with van der Waals surface area (Å²) in [6.45, 7) is 4.46. The molecule has 0 unspecified atom stereocenters. The zero-order valence-electron chi connectivity index (χ0n) is 11.6. The Morgan fingerprint density at radius 1 is 1.26 bits per heavy atom. The molecule has 1 aliphatic heterocycles. The number of benzene rings is 1. The topological polar surface area (TPSA) is 44.4 Å². The van der Waals surface area contributed by atoms with Crippen molar-refractivity contribution in [3.05, 3.63) is 35.9 Å². The number of urea groups is 1. The third-order valence-corrected chi connectivity index (χ3v) is 3.58. The van der Waals surface area contributed by atoms with Gasteiger partial charge in [0.2, 0.25) is 0 Å². The van der Waals surface area contributed by atoms with Crippen LogP contribution in [0.5, 0.6) is 0 Å². The van der Waals surface area contributed by atoms with Crippen molar-refractivity contribution in [1.29, 1.82) is 0 Å². The fourth-order valence-corrected chi connectivity index (χ4v) is 2.54. The Labute approximate surface area is 115 Å². The summed E-state index contributed by atoms with van der Waals surface area (Å²) in [4.78, 5) is 11.4. The van der Waals surface area contributed by atoms with Crippen LogP contribution in [0.1, 0.15) is 25.3 Å². The molecule has 1 heterocycles. The Morgan fingerprint density at radius 2 is 1.95 bits per heavy atom. The predicted molar refractivity (Wildman–Crippen MR) is 76.7 cm³/mol. The molecule has 1 aromatic rings. The second kappa shape index (κ2) is 7.14. The molecule has 0 bridgehead atoms. The van der Waals surface area contributed by atoms with E-state index in [-0.39, 0.29) is 6.03 Å². The number of piperidine rings is 1. The molecule has 1 aromatic carbocycles.